The first-order valence-corrected chi connectivity index (χ1v) is 22.6. The Morgan fingerprint density at radius 1 is 1.05 bits per heavy atom. The van der Waals surface area contributed by atoms with Crippen molar-refractivity contribution in [3.63, 3.8) is 0 Å². The first kappa shape index (κ1) is 40.4. The van der Waals surface area contributed by atoms with Gasteiger partial charge in [-0.15, -0.1) is 6.58 Å². The Morgan fingerprint density at radius 3 is 2.53 bits per heavy atom. The Bertz CT molecular complexity index is 2130. The molecule has 1 aromatic carbocycles. The van der Waals surface area contributed by atoms with Crippen LogP contribution in [0.5, 0.6) is 11.5 Å². The van der Waals surface area contributed by atoms with Crippen LogP contribution in [0.25, 0.3) is 10.9 Å². The molecule has 1 aromatic heterocycles. The van der Waals surface area contributed by atoms with Crippen molar-refractivity contribution in [1.29, 1.82) is 0 Å². The maximum Gasteiger partial charge on any atom is 0.408 e. The van der Waals surface area contributed by atoms with Gasteiger partial charge in [-0.3, -0.25) is 19.1 Å². The lowest BCUT2D eigenvalue weighted by Crippen LogP contribution is -2.60. The third-order valence-corrected chi connectivity index (χ3v) is 15.2. The highest BCUT2D eigenvalue weighted by Crippen LogP contribution is 2.48. The Morgan fingerprint density at radius 2 is 1.83 bits per heavy atom. The number of aromatic nitrogens is 1. The molecule has 3 aliphatic carbocycles. The second kappa shape index (κ2) is 15.0. The van der Waals surface area contributed by atoms with Gasteiger partial charge < -0.3 is 29.7 Å². The number of fused-ring (bicyclic) bond motifs is 4. The van der Waals surface area contributed by atoms with Crippen LogP contribution in [0.15, 0.2) is 30.9 Å². The summed E-state index contributed by atoms with van der Waals surface area (Å²) in [4.78, 5) is 63.7. The molecule has 6 aliphatic rings. The molecule has 7 atom stereocenters. The second-order valence-corrected chi connectivity index (χ2v) is 20.5. The number of ether oxygens (including phenoxy) is 3. The van der Waals surface area contributed by atoms with E-state index in [-0.39, 0.29) is 31.4 Å². The van der Waals surface area contributed by atoms with Crippen LogP contribution in [0.1, 0.15) is 109 Å². The Hall–Kier alpha value is -4.40. The minimum atomic E-state index is -3.91. The van der Waals surface area contributed by atoms with Gasteiger partial charge in [-0.05, 0) is 100 Å². The minimum Gasteiger partial charge on any atom is -0.497 e. The molecule has 1 saturated heterocycles. The van der Waals surface area contributed by atoms with Crippen LogP contribution in [0.2, 0.25) is 0 Å². The summed E-state index contributed by atoms with van der Waals surface area (Å²) < 4.78 is 46.7. The van der Waals surface area contributed by atoms with Crippen LogP contribution in [-0.4, -0.2) is 90.3 Å². The van der Waals surface area contributed by atoms with Gasteiger partial charge in [0.1, 0.15) is 40.8 Å². The molecule has 314 valence electrons. The third-order valence-electron chi connectivity index (χ3n) is 13.4. The molecular formula is C43H57N5O9S. The summed E-state index contributed by atoms with van der Waals surface area (Å²) in [5.74, 6) is -0.818. The van der Waals surface area contributed by atoms with Gasteiger partial charge >= 0.3 is 6.09 Å². The van der Waals surface area contributed by atoms with E-state index in [4.69, 9.17) is 19.2 Å². The Labute approximate surface area is 340 Å². The minimum absolute atomic E-state index is 0.0348. The van der Waals surface area contributed by atoms with Crippen LogP contribution >= 0.6 is 0 Å². The number of benzene rings is 1. The van der Waals surface area contributed by atoms with Gasteiger partial charge in [0.15, 0.2) is 0 Å². The lowest BCUT2D eigenvalue weighted by atomic mass is 9.85. The van der Waals surface area contributed by atoms with E-state index in [1.165, 1.54) is 11.0 Å². The molecule has 4 amide bonds. The van der Waals surface area contributed by atoms with Crippen molar-refractivity contribution in [2.24, 2.45) is 17.3 Å². The van der Waals surface area contributed by atoms with Gasteiger partial charge in [-0.2, -0.15) is 0 Å². The van der Waals surface area contributed by atoms with Gasteiger partial charge in [-0.25, -0.2) is 18.2 Å². The molecule has 3 saturated carbocycles. The van der Waals surface area contributed by atoms with Gasteiger partial charge in [0.05, 0.1) is 30.1 Å². The topological polar surface area (TPSA) is 182 Å². The number of methoxy groups -OCH3 is 1. The Balaban J connectivity index is 1.18. The van der Waals surface area contributed by atoms with Crippen molar-refractivity contribution in [2.45, 2.75) is 145 Å². The van der Waals surface area contributed by atoms with Crippen molar-refractivity contribution in [2.75, 3.05) is 13.7 Å². The fraction of sp³-hybridized carbons (Fsp3) is 0.651. The molecule has 3 aliphatic heterocycles. The van der Waals surface area contributed by atoms with Crippen LogP contribution in [-0.2, 0) is 42.0 Å². The molecule has 58 heavy (non-hydrogen) atoms. The number of sulfonamides is 1. The summed E-state index contributed by atoms with van der Waals surface area (Å²) in [6, 6.07) is 3.65. The van der Waals surface area contributed by atoms with E-state index in [9.17, 15) is 22.8 Å². The molecule has 8 rings (SSSR count). The smallest absolute Gasteiger partial charge is 0.408 e. The molecule has 14 nitrogen and oxygen atoms in total. The zero-order chi connectivity index (χ0) is 41.2. The number of hydrogen-bond acceptors (Lipinski definition) is 10. The summed E-state index contributed by atoms with van der Waals surface area (Å²) in [5, 5.41) is 6.09. The van der Waals surface area contributed by atoms with Gasteiger partial charge in [0, 0.05) is 23.3 Å². The normalized spacial score (nSPS) is 31.4. The van der Waals surface area contributed by atoms with Gasteiger partial charge in [-0.1, -0.05) is 39.7 Å². The third kappa shape index (κ3) is 7.63. The highest BCUT2D eigenvalue weighted by atomic mass is 32.2. The van der Waals surface area contributed by atoms with Crippen molar-refractivity contribution in [3.05, 3.63) is 42.1 Å². The lowest BCUT2D eigenvalue weighted by Gasteiger charge is -2.38. The average Bonchev–Trinajstić information content (AvgIpc) is 4.09. The molecule has 3 N–H and O–H groups in total. The molecule has 2 aromatic rings. The number of carbonyl (C=O) groups is 4. The molecule has 4 fully saturated rings. The van der Waals surface area contributed by atoms with E-state index in [0.717, 1.165) is 67.1 Å². The van der Waals surface area contributed by atoms with Gasteiger partial charge in [0.25, 0.3) is 5.91 Å². The number of hydrogen-bond donors (Lipinski definition) is 3. The molecule has 0 radical (unpaired) electrons. The Kier molecular flexibility index (Phi) is 10.4. The van der Waals surface area contributed by atoms with E-state index in [1.54, 1.807) is 7.11 Å². The van der Waals surface area contributed by atoms with Crippen molar-refractivity contribution in [1.82, 2.24) is 25.2 Å². The first-order chi connectivity index (χ1) is 27.6. The van der Waals surface area contributed by atoms with E-state index in [1.807, 2.05) is 39.0 Å². The fourth-order valence-electron chi connectivity index (χ4n) is 9.79. The first-order valence-electron chi connectivity index (χ1n) is 21.0. The monoisotopic (exact) mass is 819 g/mol. The molecule has 4 heterocycles. The maximum absolute atomic E-state index is 15.0. The summed E-state index contributed by atoms with van der Waals surface area (Å²) in [6.07, 6.45) is 10.0. The number of amides is 4. The number of pyridine rings is 1. The van der Waals surface area contributed by atoms with Crippen molar-refractivity contribution >= 4 is 44.7 Å². The SMILES string of the molecule is C=C[C@@H]1C[C@]1(NC(=O)[C@@H]1C[C@]23CCc4c(c(nc5ccc(OC)cc45)CCCCC[C@@H]4CCC[C@H]4OC(=O)N[C@@H](C(C)(C)C)C(=O)N1C2)O3)C(=O)NS(=O)(=O)C1CC1. The van der Waals surface area contributed by atoms with E-state index < -0.39 is 73.6 Å². The number of carbonyl (C=O) groups excluding carboxylic acids is 4. The number of aryl methyl sites for hydroxylation is 2. The predicted octanol–water partition coefficient (Wildman–Crippen LogP) is 5.00. The zero-order valence-corrected chi connectivity index (χ0v) is 34.9. The summed E-state index contributed by atoms with van der Waals surface area (Å²) in [6.45, 7) is 9.42. The van der Waals surface area contributed by atoms with E-state index >= 15 is 4.79 Å². The van der Waals surface area contributed by atoms with Crippen LogP contribution < -0.4 is 24.8 Å². The van der Waals surface area contributed by atoms with Gasteiger partial charge in [0.2, 0.25) is 21.8 Å². The van der Waals surface area contributed by atoms with Crippen LogP contribution in [0, 0.1) is 17.3 Å². The highest BCUT2D eigenvalue weighted by Gasteiger charge is 2.63. The molecule has 3 bridgehead atoms. The lowest BCUT2D eigenvalue weighted by molar-refractivity contribution is -0.143. The van der Waals surface area contributed by atoms with Crippen molar-refractivity contribution < 1.29 is 41.8 Å². The van der Waals surface area contributed by atoms with E-state index in [2.05, 4.69) is 21.9 Å². The second-order valence-electron chi connectivity index (χ2n) is 18.6. The van der Waals surface area contributed by atoms with Crippen molar-refractivity contribution in [3.8, 4) is 11.5 Å². The summed E-state index contributed by atoms with van der Waals surface area (Å²) in [7, 11) is -2.28. The molecule has 1 spiro atoms. The van der Waals surface area contributed by atoms with Crippen LogP contribution in [0.4, 0.5) is 4.79 Å². The average molecular weight is 820 g/mol. The largest absolute Gasteiger partial charge is 0.497 e. The summed E-state index contributed by atoms with van der Waals surface area (Å²) in [5.41, 5.74) is -0.656. The molecular weight excluding hydrogens is 763 g/mol. The molecule has 0 unspecified atom stereocenters. The standard InChI is InChI=1S/C43H57N5O9S/c1-6-26-22-43(26,39(51)47-58(53,54)28-16-17-28)46-37(49)33-23-42-20-19-29-30-21-27(55-5)15-18-31(30)44-32(35(29)57-42)13-9-7-8-11-25-12-10-14-34(25)56-40(52)45-36(41(2,3)4)38(50)48(33)24-42/h6,15,18,21,25-26,28,33-34,36H,1,7-14,16-17,19-20,22-24H2,2-5H3,(H,45,52)(H,46,49)(H,47,51)/t25-,26-,33+,34-,36-,42-,43-/m1/s1. The summed E-state index contributed by atoms with van der Waals surface area (Å²) >= 11 is 0. The quantitative estimate of drug-likeness (QED) is 0.322. The number of alkyl carbamates (subject to hydrolysis) is 1. The predicted molar refractivity (Wildman–Crippen MR) is 216 cm³/mol. The number of rotatable bonds is 7. The maximum atomic E-state index is 15.0. The molecule has 15 heteroatoms. The number of nitrogens with zero attached hydrogens (tertiary/aromatic N) is 2. The number of nitrogens with one attached hydrogen (secondary N) is 3. The zero-order valence-electron chi connectivity index (χ0n) is 34.1. The fourth-order valence-corrected chi connectivity index (χ4v) is 11.2. The van der Waals surface area contributed by atoms with E-state index in [0.29, 0.717) is 43.6 Å². The van der Waals surface area contributed by atoms with Crippen LogP contribution in [0.3, 0.4) is 0 Å². The highest BCUT2D eigenvalue weighted by molar-refractivity contribution is 7.91.